The minimum atomic E-state index is -0.0384. The van der Waals surface area contributed by atoms with Crippen LogP contribution in [0.25, 0.3) is 5.57 Å². The molecule has 2 saturated heterocycles. The summed E-state index contributed by atoms with van der Waals surface area (Å²) in [4.78, 5) is 17.1. The van der Waals surface area contributed by atoms with Crippen molar-refractivity contribution in [1.29, 1.82) is 0 Å². The number of allylic oxidation sites excluding steroid dienone is 1. The summed E-state index contributed by atoms with van der Waals surface area (Å²) in [7, 11) is 0. The second-order valence-electron chi connectivity index (χ2n) is 8.34. The van der Waals surface area contributed by atoms with Gasteiger partial charge in [0.2, 0.25) is 5.76 Å². The summed E-state index contributed by atoms with van der Waals surface area (Å²) in [5.74, 6) is 1.26. The van der Waals surface area contributed by atoms with Gasteiger partial charge in [-0.3, -0.25) is 4.79 Å². The van der Waals surface area contributed by atoms with Gasteiger partial charge >= 0.3 is 0 Å². The highest BCUT2D eigenvalue weighted by Gasteiger charge is 2.41. The van der Waals surface area contributed by atoms with E-state index in [1.165, 1.54) is 55.4 Å². The first-order chi connectivity index (χ1) is 13.8. The first-order valence-electron chi connectivity index (χ1n) is 10.5. The third-order valence-corrected chi connectivity index (χ3v) is 6.62. The maximum atomic E-state index is 12.6. The van der Waals surface area contributed by atoms with Crippen molar-refractivity contribution in [2.24, 2.45) is 11.8 Å². The number of likely N-dealkylation sites (tertiary alicyclic amines) is 2. The highest BCUT2D eigenvalue weighted by Crippen LogP contribution is 2.43. The SMILES string of the molecule is O=C(c1ccno1)N1C[C@H]2CC=C(c3ccc(CCN4CCCC4)cc3)[C@H]2C1. The molecule has 0 spiro atoms. The average molecular weight is 377 g/mol. The molecule has 5 heteroatoms. The van der Waals surface area contributed by atoms with Gasteiger partial charge in [-0.1, -0.05) is 35.5 Å². The Morgan fingerprint density at radius 1 is 1.11 bits per heavy atom. The van der Waals surface area contributed by atoms with E-state index in [9.17, 15) is 4.79 Å². The van der Waals surface area contributed by atoms with Crippen molar-refractivity contribution < 1.29 is 9.32 Å². The maximum Gasteiger partial charge on any atom is 0.292 e. The van der Waals surface area contributed by atoms with E-state index in [2.05, 4.69) is 40.4 Å². The van der Waals surface area contributed by atoms with Gasteiger partial charge in [0, 0.05) is 31.6 Å². The molecule has 28 heavy (non-hydrogen) atoms. The molecule has 1 aromatic heterocycles. The number of rotatable bonds is 5. The molecule has 1 amide bonds. The first kappa shape index (κ1) is 17.7. The van der Waals surface area contributed by atoms with Crippen LogP contribution in [0.2, 0.25) is 0 Å². The number of aromatic nitrogens is 1. The van der Waals surface area contributed by atoms with Crippen LogP contribution >= 0.6 is 0 Å². The monoisotopic (exact) mass is 377 g/mol. The summed E-state index contributed by atoms with van der Waals surface area (Å²) in [6.07, 6.45) is 8.80. The summed E-state index contributed by atoms with van der Waals surface area (Å²) < 4.78 is 5.06. The van der Waals surface area contributed by atoms with Crippen LogP contribution in [0.3, 0.4) is 0 Å². The van der Waals surface area contributed by atoms with Crippen molar-refractivity contribution in [1.82, 2.24) is 15.0 Å². The van der Waals surface area contributed by atoms with Crippen LogP contribution in [-0.4, -0.2) is 53.6 Å². The molecule has 2 atom stereocenters. The smallest absolute Gasteiger partial charge is 0.292 e. The fourth-order valence-electron chi connectivity index (χ4n) is 5.03. The van der Waals surface area contributed by atoms with Crippen LogP contribution in [0.4, 0.5) is 0 Å². The normalized spacial score (nSPS) is 24.6. The Morgan fingerprint density at radius 3 is 2.68 bits per heavy atom. The number of benzene rings is 1. The van der Waals surface area contributed by atoms with Gasteiger partial charge in [0.05, 0.1) is 6.20 Å². The predicted octanol–water partition coefficient (Wildman–Crippen LogP) is 3.49. The van der Waals surface area contributed by atoms with Crippen LogP contribution in [0.1, 0.15) is 40.9 Å². The van der Waals surface area contributed by atoms with Gasteiger partial charge in [-0.25, -0.2) is 0 Å². The number of nitrogens with zero attached hydrogens (tertiary/aromatic N) is 3. The summed E-state index contributed by atoms with van der Waals surface area (Å²) in [5, 5.41) is 3.66. The van der Waals surface area contributed by atoms with E-state index in [1.807, 2.05) is 4.90 Å². The number of fused-ring (bicyclic) bond motifs is 1. The fraction of sp³-hybridized carbons (Fsp3) is 0.478. The second-order valence-corrected chi connectivity index (χ2v) is 8.34. The zero-order valence-electron chi connectivity index (χ0n) is 16.2. The number of amides is 1. The molecule has 2 aromatic rings. The van der Waals surface area contributed by atoms with E-state index in [0.29, 0.717) is 17.6 Å². The molecule has 0 N–H and O–H groups in total. The molecule has 146 valence electrons. The van der Waals surface area contributed by atoms with Crippen LogP contribution in [0.15, 0.2) is 47.1 Å². The van der Waals surface area contributed by atoms with Crippen LogP contribution in [0.5, 0.6) is 0 Å². The summed E-state index contributed by atoms with van der Waals surface area (Å²) in [5.41, 5.74) is 4.13. The largest absolute Gasteiger partial charge is 0.351 e. The molecular weight excluding hydrogens is 350 g/mol. The lowest BCUT2D eigenvalue weighted by Gasteiger charge is -2.17. The molecule has 5 rings (SSSR count). The number of carbonyl (C=O) groups is 1. The van der Waals surface area contributed by atoms with Gasteiger partial charge < -0.3 is 14.3 Å². The van der Waals surface area contributed by atoms with Crippen molar-refractivity contribution in [3.63, 3.8) is 0 Å². The van der Waals surface area contributed by atoms with Gasteiger partial charge in [-0.2, -0.15) is 0 Å². The molecule has 3 aliphatic rings. The summed E-state index contributed by atoms with van der Waals surface area (Å²) >= 11 is 0. The highest BCUT2D eigenvalue weighted by molar-refractivity contribution is 5.92. The van der Waals surface area contributed by atoms with Crippen molar-refractivity contribution in [2.75, 3.05) is 32.7 Å². The predicted molar refractivity (Wildman–Crippen MR) is 108 cm³/mol. The highest BCUT2D eigenvalue weighted by atomic mass is 16.5. The van der Waals surface area contributed by atoms with E-state index in [4.69, 9.17) is 4.52 Å². The zero-order chi connectivity index (χ0) is 18.9. The molecule has 1 aliphatic carbocycles. The molecule has 0 unspecified atom stereocenters. The standard InChI is InChI=1S/C23H27N3O2/c27-23(22-9-11-24-28-22)26-15-19-7-8-20(21(19)16-26)18-5-3-17(4-6-18)10-14-25-12-1-2-13-25/h3-6,8-9,11,19,21H,1-2,7,10,12-16H2/t19-,21+/m1/s1. The molecule has 5 nitrogen and oxygen atoms in total. The van der Waals surface area contributed by atoms with Crippen molar-refractivity contribution in [2.45, 2.75) is 25.7 Å². The van der Waals surface area contributed by atoms with E-state index in [0.717, 1.165) is 25.9 Å². The molecule has 2 fully saturated rings. The maximum absolute atomic E-state index is 12.6. The molecule has 3 heterocycles. The van der Waals surface area contributed by atoms with Gasteiger partial charge in [0.25, 0.3) is 5.91 Å². The molecule has 1 aromatic carbocycles. The van der Waals surface area contributed by atoms with Crippen molar-refractivity contribution in [3.05, 3.63) is 59.5 Å². The Bertz CT molecular complexity index is 850. The van der Waals surface area contributed by atoms with E-state index < -0.39 is 0 Å². The Labute approximate surface area is 166 Å². The Hall–Kier alpha value is -2.40. The average Bonchev–Trinajstić information content (AvgIpc) is 3.51. The van der Waals surface area contributed by atoms with Crippen LogP contribution < -0.4 is 0 Å². The number of hydrogen-bond acceptors (Lipinski definition) is 4. The van der Waals surface area contributed by atoms with E-state index >= 15 is 0 Å². The van der Waals surface area contributed by atoms with Gasteiger partial charge in [0.1, 0.15) is 0 Å². The molecular formula is C23H27N3O2. The minimum Gasteiger partial charge on any atom is -0.351 e. The fourth-order valence-corrected chi connectivity index (χ4v) is 5.03. The molecule has 0 radical (unpaired) electrons. The third kappa shape index (κ3) is 3.39. The van der Waals surface area contributed by atoms with Gasteiger partial charge in [-0.05, 0) is 61.4 Å². The lowest BCUT2D eigenvalue weighted by Crippen LogP contribution is -2.29. The number of carbonyl (C=O) groups excluding carboxylic acids is 1. The summed E-state index contributed by atoms with van der Waals surface area (Å²) in [6.45, 7) is 5.27. The summed E-state index contributed by atoms with van der Waals surface area (Å²) in [6, 6.07) is 10.8. The first-order valence-corrected chi connectivity index (χ1v) is 10.5. The lowest BCUT2D eigenvalue weighted by atomic mass is 9.90. The second kappa shape index (κ2) is 7.55. The minimum absolute atomic E-state index is 0.0384. The Kier molecular flexibility index (Phi) is 4.77. The van der Waals surface area contributed by atoms with E-state index in [1.54, 1.807) is 6.07 Å². The molecule has 0 bridgehead atoms. The van der Waals surface area contributed by atoms with Gasteiger partial charge in [-0.15, -0.1) is 0 Å². The third-order valence-electron chi connectivity index (χ3n) is 6.62. The topological polar surface area (TPSA) is 49.6 Å². The quantitative estimate of drug-likeness (QED) is 0.800. The lowest BCUT2D eigenvalue weighted by molar-refractivity contribution is 0.0743. The molecule has 0 saturated carbocycles. The van der Waals surface area contributed by atoms with E-state index in [-0.39, 0.29) is 5.91 Å². The Morgan fingerprint density at radius 2 is 1.93 bits per heavy atom. The van der Waals surface area contributed by atoms with Crippen molar-refractivity contribution in [3.8, 4) is 0 Å². The zero-order valence-corrected chi connectivity index (χ0v) is 16.2. The van der Waals surface area contributed by atoms with Crippen LogP contribution in [0, 0.1) is 11.8 Å². The van der Waals surface area contributed by atoms with Gasteiger partial charge in [0.15, 0.2) is 0 Å². The molecule has 2 aliphatic heterocycles. The van der Waals surface area contributed by atoms with Crippen LogP contribution in [-0.2, 0) is 6.42 Å². The number of hydrogen-bond donors (Lipinski definition) is 0. The van der Waals surface area contributed by atoms with Crippen molar-refractivity contribution >= 4 is 11.5 Å². The Balaban J connectivity index is 1.22.